The van der Waals surface area contributed by atoms with E-state index in [0.717, 1.165) is 33.9 Å². The molecule has 1 aromatic heterocycles. The fourth-order valence-corrected chi connectivity index (χ4v) is 5.72. The third kappa shape index (κ3) is 4.25. The zero-order chi connectivity index (χ0) is 23.1. The summed E-state index contributed by atoms with van der Waals surface area (Å²) in [5.74, 6) is 0.979. The average molecular weight is 462 g/mol. The topological polar surface area (TPSA) is 71.5 Å². The van der Waals surface area contributed by atoms with Gasteiger partial charge in [0.05, 0.1) is 23.0 Å². The summed E-state index contributed by atoms with van der Waals surface area (Å²) >= 11 is 1.56. The summed E-state index contributed by atoms with van der Waals surface area (Å²) in [7, 11) is 1.58. The van der Waals surface area contributed by atoms with Gasteiger partial charge in [0.25, 0.3) is 11.8 Å². The summed E-state index contributed by atoms with van der Waals surface area (Å²) in [6.07, 6.45) is 1.95. The lowest BCUT2D eigenvalue weighted by molar-refractivity contribution is 0.0684. The summed E-state index contributed by atoms with van der Waals surface area (Å²) in [5.41, 5.74) is 3.25. The van der Waals surface area contributed by atoms with Crippen molar-refractivity contribution in [2.24, 2.45) is 5.92 Å². The number of carbonyl (C=O) groups is 2. The van der Waals surface area contributed by atoms with Crippen LogP contribution in [0.4, 0.5) is 0 Å². The molecule has 0 spiro atoms. The van der Waals surface area contributed by atoms with Crippen LogP contribution in [-0.2, 0) is 0 Å². The summed E-state index contributed by atoms with van der Waals surface area (Å²) in [6.45, 7) is 4.42. The van der Waals surface area contributed by atoms with Crippen LogP contribution in [0.3, 0.4) is 0 Å². The van der Waals surface area contributed by atoms with Gasteiger partial charge in [-0.05, 0) is 56.4 Å². The molecule has 6 nitrogen and oxygen atoms in total. The van der Waals surface area contributed by atoms with E-state index in [1.807, 2.05) is 30.0 Å². The number of rotatable bonds is 6. The van der Waals surface area contributed by atoms with Crippen LogP contribution in [-0.4, -0.2) is 47.4 Å². The van der Waals surface area contributed by atoms with Crippen LogP contribution in [0, 0.1) is 19.8 Å². The number of benzene rings is 2. The number of nitrogens with one attached hydrogen (secondary N) is 1. The maximum Gasteiger partial charge on any atom is 0.274 e. The van der Waals surface area contributed by atoms with Crippen molar-refractivity contribution in [2.75, 3.05) is 13.7 Å². The van der Waals surface area contributed by atoms with E-state index >= 15 is 0 Å². The minimum absolute atomic E-state index is 0.0248. The molecular formula is C26H27N3O3S. The monoisotopic (exact) mass is 461 g/mol. The number of hydrogen-bond donors (Lipinski definition) is 1. The first-order valence-electron chi connectivity index (χ1n) is 11.2. The van der Waals surface area contributed by atoms with Crippen LogP contribution >= 0.6 is 11.3 Å². The first-order valence-corrected chi connectivity index (χ1v) is 12.1. The Kier molecular flexibility index (Phi) is 5.66. The number of amides is 2. The van der Waals surface area contributed by atoms with Gasteiger partial charge in [0, 0.05) is 18.2 Å². The van der Waals surface area contributed by atoms with Crippen molar-refractivity contribution >= 4 is 23.2 Å². The number of hydrogen-bond acceptors (Lipinski definition) is 5. The lowest BCUT2D eigenvalue weighted by Crippen LogP contribution is -2.45. The molecule has 5 rings (SSSR count). The lowest BCUT2D eigenvalue weighted by atomic mass is 10.1. The van der Waals surface area contributed by atoms with E-state index in [9.17, 15) is 9.59 Å². The van der Waals surface area contributed by atoms with Crippen molar-refractivity contribution in [2.45, 2.75) is 38.8 Å². The van der Waals surface area contributed by atoms with Gasteiger partial charge in [-0.1, -0.05) is 35.9 Å². The van der Waals surface area contributed by atoms with E-state index < -0.39 is 0 Å². The van der Waals surface area contributed by atoms with E-state index in [2.05, 4.69) is 29.4 Å². The van der Waals surface area contributed by atoms with E-state index in [0.29, 0.717) is 29.5 Å². The van der Waals surface area contributed by atoms with Crippen LogP contribution < -0.4 is 10.1 Å². The minimum atomic E-state index is -0.160. The predicted molar refractivity (Wildman–Crippen MR) is 129 cm³/mol. The number of methoxy groups -OCH3 is 1. The second-order valence-electron chi connectivity index (χ2n) is 8.89. The normalized spacial score (nSPS) is 20.9. The Morgan fingerprint density at radius 3 is 2.76 bits per heavy atom. The molecule has 0 bridgehead atoms. The van der Waals surface area contributed by atoms with Gasteiger partial charge in [-0.2, -0.15) is 0 Å². The van der Waals surface area contributed by atoms with Crippen LogP contribution in [0.2, 0.25) is 0 Å². The SMILES string of the molecule is COc1cccc(C(=O)NC[C@@H]2C[C@@H]3CC3N2C(=O)c2nc(C)sc2-c2cccc(C)c2)c1. The average Bonchev–Trinajstić information content (AvgIpc) is 3.31. The van der Waals surface area contributed by atoms with Gasteiger partial charge in [0.15, 0.2) is 0 Å². The summed E-state index contributed by atoms with van der Waals surface area (Å²) < 4.78 is 5.22. The zero-order valence-corrected chi connectivity index (χ0v) is 19.8. The minimum Gasteiger partial charge on any atom is -0.497 e. The van der Waals surface area contributed by atoms with Crippen molar-refractivity contribution < 1.29 is 14.3 Å². The molecule has 3 aromatic rings. The highest BCUT2D eigenvalue weighted by Gasteiger charge is 2.54. The van der Waals surface area contributed by atoms with Crippen LogP contribution in [0.15, 0.2) is 48.5 Å². The Bertz CT molecular complexity index is 1220. The van der Waals surface area contributed by atoms with Crippen molar-refractivity contribution in [3.05, 3.63) is 70.4 Å². The molecule has 170 valence electrons. The van der Waals surface area contributed by atoms with Gasteiger partial charge in [0.1, 0.15) is 11.4 Å². The molecule has 1 N–H and O–H groups in total. The van der Waals surface area contributed by atoms with E-state index in [1.54, 1.807) is 36.6 Å². The van der Waals surface area contributed by atoms with E-state index in [1.165, 1.54) is 0 Å². The molecule has 1 unspecified atom stereocenters. The van der Waals surface area contributed by atoms with Crippen LogP contribution in [0.1, 0.15) is 44.3 Å². The van der Waals surface area contributed by atoms with Crippen LogP contribution in [0.5, 0.6) is 5.75 Å². The van der Waals surface area contributed by atoms with Crippen molar-refractivity contribution in [1.29, 1.82) is 0 Å². The number of nitrogens with zero attached hydrogens (tertiary/aromatic N) is 2. The fourth-order valence-electron chi connectivity index (χ4n) is 4.81. The first kappa shape index (κ1) is 21.6. The summed E-state index contributed by atoms with van der Waals surface area (Å²) in [5, 5.41) is 3.90. The molecule has 1 aliphatic heterocycles. The molecule has 2 amide bonds. The number of aryl methyl sites for hydroxylation is 2. The molecule has 2 aliphatic rings. The second kappa shape index (κ2) is 8.63. The van der Waals surface area contributed by atoms with Gasteiger partial charge in [-0.15, -0.1) is 11.3 Å². The van der Waals surface area contributed by atoms with Crippen LogP contribution in [0.25, 0.3) is 10.4 Å². The number of likely N-dealkylation sites (tertiary alicyclic amines) is 1. The smallest absolute Gasteiger partial charge is 0.274 e. The number of carbonyl (C=O) groups excluding carboxylic acids is 2. The van der Waals surface area contributed by atoms with Gasteiger partial charge < -0.3 is 15.0 Å². The summed E-state index contributed by atoms with van der Waals surface area (Å²) in [4.78, 5) is 34.0. The van der Waals surface area contributed by atoms with Crippen molar-refractivity contribution in [3.63, 3.8) is 0 Å². The Hall–Kier alpha value is -3.19. The molecule has 3 atom stereocenters. The van der Waals surface area contributed by atoms with E-state index in [4.69, 9.17) is 4.74 Å². The lowest BCUT2D eigenvalue weighted by Gasteiger charge is -2.27. The number of ether oxygens (including phenoxy) is 1. The van der Waals surface area contributed by atoms with Gasteiger partial charge in [-0.3, -0.25) is 9.59 Å². The number of aromatic nitrogens is 1. The first-order chi connectivity index (χ1) is 15.9. The highest BCUT2D eigenvalue weighted by molar-refractivity contribution is 7.15. The molecule has 1 saturated heterocycles. The Labute approximate surface area is 197 Å². The molecule has 7 heteroatoms. The number of thiazole rings is 1. The summed E-state index contributed by atoms with van der Waals surface area (Å²) in [6, 6.07) is 15.5. The Morgan fingerprint density at radius 2 is 1.97 bits per heavy atom. The van der Waals surface area contributed by atoms with Crippen molar-refractivity contribution in [3.8, 4) is 16.2 Å². The van der Waals surface area contributed by atoms with Gasteiger partial charge in [-0.25, -0.2) is 4.98 Å². The van der Waals surface area contributed by atoms with Crippen molar-refractivity contribution in [1.82, 2.24) is 15.2 Å². The molecule has 2 aromatic carbocycles. The quantitative estimate of drug-likeness (QED) is 0.588. The molecule has 2 fully saturated rings. The highest BCUT2D eigenvalue weighted by Crippen LogP contribution is 2.48. The Morgan fingerprint density at radius 1 is 1.15 bits per heavy atom. The molecular weight excluding hydrogens is 434 g/mol. The molecule has 33 heavy (non-hydrogen) atoms. The van der Waals surface area contributed by atoms with Gasteiger partial charge >= 0.3 is 0 Å². The van der Waals surface area contributed by atoms with Gasteiger partial charge in [0.2, 0.25) is 0 Å². The van der Waals surface area contributed by atoms with E-state index in [-0.39, 0.29) is 23.9 Å². The molecule has 1 saturated carbocycles. The predicted octanol–water partition coefficient (Wildman–Crippen LogP) is 4.47. The highest BCUT2D eigenvalue weighted by atomic mass is 32.1. The Balaban J connectivity index is 1.35. The molecule has 0 radical (unpaired) electrons. The third-order valence-electron chi connectivity index (χ3n) is 6.49. The third-order valence-corrected chi connectivity index (χ3v) is 7.51. The number of piperidine rings is 1. The number of fused-ring (bicyclic) bond motifs is 1. The molecule has 1 aliphatic carbocycles. The maximum atomic E-state index is 13.7. The standard InChI is InChI=1S/C26H27N3O3S/c1-15-6-4-7-17(10-15)24-23(28-16(2)33-24)26(31)29-20(11-19-13-22(19)29)14-27-25(30)18-8-5-9-21(12-18)32-3/h4-10,12,19-20,22H,11,13-14H2,1-3H3,(H,27,30)/t19-,20+,22?/m1/s1. The largest absolute Gasteiger partial charge is 0.497 e. The zero-order valence-electron chi connectivity index (χ0n) is 19.0. The fraction of sp³-hybridized carbons (Fsp3) is 0.346. The molecule has 2 heterocycles. The maximum absolute atomic E-state index is 13.7. The second-order valence-corrected chi connectivity index (χ2v) is 10.1.